The van der Waals surface area contributed by atoms with Crippen LogP contribution in [0.4, 0.5) is 0 Å². The molecule has 1 aromatic heterocycles. The third-order valence-electron chi connectivity index (χ3n) is 3.57. The molecule has 1 aliphatic heterocycles. The van der Waals surface area contributed by atoms with Crippen molar-refractivity contribution >= 4 is 15.9 Å². The average Bonchev–Trinajstić information content (AvgIpc) is 2.65. The zero-order valence-corrected chi connectivity index (χ0v) is 9.70. The van der Waals surface area contributed by atoms with Gasteiger partial charge in [0.2, 0.25) is 0 Å². The van der Waals surface area contributed by atoms with E-state index in [9.17, 15) is 0 Å². The highest BCUT2D eigenvalue weighted by Crippen LogP contribution is 2.45. The molecule has 74 valence electrons. The summed E-state index contributed by atoms with van der Waals surface area (Å²) in [5, 5.41) is 0. The maximum atomic E-state index is 3.73. The summed E-state index contributed by atoms with van der Waals surface area (Å²) in [7, 11) is 0. The lowest BCUT2D eigenvalue weighted by Gasteiger charge is -2.35. The molecule has 0 bridgehead atoms. The minimum absolute atomic E-state index is 0.646. The van der Waals surface area contributed by atoms with E-state index < -0.39 is 0 Å². The molecular weight excluding hydrogens is 238 g/mol. The van der Waals surface area contributed by atoms with E-state index in [0.717, 1.165) is 5.92 Å². The van der Waals surface area contributed by atoms with Crippen LogP contribution in [-0.4, -0.2) is 4.57 Å². The molecule has 1 aromatic rings. The van der Waals surface area contributed by atoms with E-state index in [2.05, 4.69) is 44.9 Å². The highest BCUT2D eigenvalue weighted by molar-refractivity contribution is 9.11. The van der Waals surface area contributed by atoms with Crippen molar-refractivity contribution in [3.63, 3.8) is 0 Å². The first kappa shape index (κ1) is 8.78. The molecule has 2 aliphatic rings. The van der Waals surface area contributed by atoms with Crippen LogP contribution < -0.4 is 0 Å². The van der Waals surface area contributed by atoms with Crippen LogP contribution in [0, 0.1) is 5.92 Å². The molecule has 0 saturated carbocycles. The number of hydrogen-bond donors (Lipinski definition) is 0. The Balaban J connectivity index is 2.08. The smallest absolute Gasteiger partial charge is 0.0334 e. The van der Waals surface area contributed by atoms with Gasteiger partial charge in [0.1, 0.15) is 0 Å². The average molecular weight is 252 g/mol. The molecule has 2 atom stereocenters. The number of hydrogen-bond acceptors (Lipinski definition) is 0. The third kappa shape index (κ3) is 1.20. The van der Waals surface area contributed by atoms with Crippen LogP contribution in [0.2, 0.25) is 0 Å². The zero-order chi connectivity index (χ0) is 9.54. The largest absolute Gasteiger partial charge is 0.351 e. The lowest BCUT2D eigenvalue weighted by molar-refractivity contribution is 0.324. The maximum absolute atomic E-state index is 3.73. The van der Waals surface area contributed by atoms with Crippen LogP contribution in [0.5, 0.6) is 0 Å². The van der Waals surface area contributed by atoms with Crippen molar-refractivity contribution in [2.45, 2.75) is 31.7 Å². The van der Waals surface area contributed by atoms with Crippen LogP contribution >= 0.6 is 15.9 Å². The van der Waals surface area contributed by atoms with Crippen molar-refractivity contribution in [1.29, 1.82) is 0 Å². The van der Waals surface area contributed by atoms with Crippen molar-refractivity contribution in [2.75, 3.05) is 0 Å². The Bertz CT molecular complexity index is 377. The number of aromatic nitrogens is 1. The Hall–Kier alpha value is -0.500. The fourth-order valence-electron chi connectivity index (χ4n) is 2.87. The molecule has 0 aromatic carbocycles. The van der Waals surface area contributed by atoms with Crippen LogP contribution in [-0.2, 0) is 6.54 Å². The van der Waals surface area contributed by atoms with E-state index in [0.29, 0.717) is 5.92 Å². The molecule has 1 aliphatic carbocycles. The molecule has 0 radical (unpaired) electrons. The first-order valence-electron chi connectivity index (χ1n) is 5.37. The quantitative estimate of drug-likeness (QED) is 0.664. The number of aryl methyl sites for hydroxylation is 1. The van der Waals surface area contributed by atoms with E-state index in [1.807, 2.05) is 0 Å². The van der Waals surface area contributed by atoms with E-state index in [1.54, 1.807) is 0 Å². The minimum Gasteiger partial charge on any atom is -0.351 e. The van der Waals surface area contributed by atoms with Gasteiger partial charge in [-0.1, -0.05) is 22.0 Å². The summed E-state index contributed by atoms with van der Waals surface area (Å²) in [5.41, 5.74) is 1.50. The van der Waals surface area contributed by atoms with E-state index in [1.165, 1.54) is 36.0 Å². The predicted octanol–water partition coefficient (Wildman–Crippen LogP) is 3.66. The fourth-order valence-corrected chi connectivity index (χ4v) is 3.70. The molecular formula is C12H14BrN. The molecule has 2 unspecified atom stereocenters. The first-order chi connectivity index (χ1) is 6.86. The lowest BCUT2D eigenvalue weighted by atomic mass is 9.78. The van der Waals surface area contributed by atoms with Gasteiger partial charge in [0.15, 0.2) is 0 Å². The SMILES string of the molecule is BrC1=CCCC2CCn3cccc3C12. The number of nitrogens with zero attached hydrogens (tertiary/aromatic N) is 1. The van der Waals surface area contributed by atoms with Crippen LogP contribution in [0.1, 0.15) is 30.9 Å². The van der Waals surface area contributed by atoms with Crippen molar-refractivity contribution in [1.82, 2.24) is 4.57 Å². The maximum Gasteiger partial charge on any atom is 0.0334 e. The van der Waals surface area contributed by atoms with Crippen LogP contribution in [0.25, 0.3) is 0 Å². The Morgan fingerprint density at radius 2 is 2.29 bits per heavy atom. The lowest BCUT2D eigenvalue weighted by Crippen LogP contribution is -2.26. The van der Waals surface area contributed by atoms with Crippen LogP contribution in [0.15, 0.2) is 28.9 Å². The molecule has 14 heavy (non-hydrogen) atoms. The van der Waals surface area contributed by atoms with E-state index in [4.69, 9.17) is 0 Å². The molecule has 0 saturated heterocycles. The Kier molecular flexibility index (Phi) is 2.05. The van der Waals surface area contributed by atoms with Crippen LogP contribution in [0.3, 0.4) is 0 Å². The monoisotopic (exact) mass is 251 g/mol. The highest BCUT2D eigenvalue weighted by atomic mass is 79.9. The summed E-state index contributed by atoms with van der Waals surface area (Å²) in [6.07, 6.45) is 8.52. The van der Waals surface area contributed by atoms with Crippen molar-refractivity contribution in [2.24, 2.45) is 5.92 Å². The number of allylic oxidation sites excluding steroid dienone is 2. The van der Waals surface area contributed by atoms with Crippen molar-refractivity contribution < 1.29 is 0 Å². The molecule has 0 fully saturated rings. The van der Waals surface area contributed by atoms with Gasteiger partial charge in [-0.25, -0.2) is 0 Å². The third-order valence-corrected chi connectivity index (χ3v) is 4.39. The number of fused-ring (bicyclic) bond motifs is 3. The fraction of sp³-hybridized carbons (Fsp3) is 0.500. The summed E-state index contributed by atoms with van der Waals surface area (Å²) < 4.78 is 3.81. The predicted molar refractivity (Wildman–Crippen MR) is 61.5 cm³/mol. The van der Waals surface area contributed by atoms with Gasteiger partial charge in [0.05, 0.1) is 0 Å². The molecule has 0 amide bonds. The number of rotatable bonds is 0. The molecule has 2 heteroatoms. The van der Waals surface area contributed by atoms with Gasteiger partial charge < -0.3 is 4.57 Å². The number of halogens is 1. The second kappa shape index (κ2) is 3.27. The normalized spacial score (nSPS) is 30.5. The zero-order valence-electron chi connectivity index (χ0n) is 8.12. The summed E-state index contributed by atoms with van der Waals surface area (Å²) >= 11 is 3.73. The van der Waals surface area contributed by atoms with Gasteiger partial charge in [-0.2, -0.15) is 0 Å². The summed E-state index contributed by atoms with van der Waals surface area (Å²) in [4.78, 5) is 0. The first-order valence-corrected chi connectivity index (χ1v) is 6.16. The molecule has 1 nitrogen and oxygen atoms in total. The second-order valence-corrected chi connectivity index (χ2v) is 5.23. The summed E-state index contributed by atoms with van der Waals surface area (Å²) in [6.45, 7) is 1.21. The van der Waals surface area contributed by atoms with Gasteiger partial charge in [-0.3, -0.25) is 0 Å². The molecule has 2 heterocycles. The van der Waals surface area contributed by atoms with E-state index in [-0.39, 0.29) is 0 Å². The Morgan fingerprint density at radius 1 is 1.36 bits per heavy atom. The van der Waals surface area contributed by atoms with Gasteiger partial charge in [-0.15, -0.1) is 0 Å². The minimum atomic E-state index is 0.646. The van der Waals surface area contributed by atoms with Gasteiger partial charge in [-0.05, 0) is 37.3 Å². The standard InChI is InChI=1S/C12H14BrN/c13-10-4-1-3-9-6-8-14-7-2-5-11(14)12(9)10/h2,4-5,7,9,12H,1,3,6,8H2. The second-order valence-electron chi connectivity index (χ2n) is 4.32. The van der Waals surface area contributed by atoms with Gasteiger partial charge in [0, 0.05) is 28.8 Å². The Labute approximate surface area is 92.9 Å². The molecule has 0 spiro atoms. The highest BCUT2D eigenvalue weighted by Gasteiger charge is 2.32. The Morgan fingerprint density at radius 3 is 3.21 bits per heavy atom. The molecule has 3 rings (SSSR count). The van der Waals surface area contributed by atoms with E-state index >= 15 is 0 Å². The van der Waals surface area contributed by atoms with Gasteiger partial charge in [0.25, 0.3) is 0 Å². The van der Waals surface area contributed by atoms with Crippen molar-refractivity contribution in [3.8, 4) is 0 Å². The summed E-state index contributed by atoms with van der Waals surface area (Å²) in [6, 6.07) is 4.45. The van der Waals surface area contributed by atoms with Crippen molar-refractivity contribution in [3.05, 3.63) is 34.6 Å². The van der Waals surface area contributed by atoms with Gasteiger partial charge >= 0.3 is 0 Å². The summed E-state index contributed by atoms with van der Waals surface area (Å²) in [5.74, 6) is 1.52. The molecule has 0 N–H and O–H groups in total. The topological polar surface area (TPSA) is 4.93 Å².